The molecule has 2 amide bonds. The lowest BCUT2D eigenvalue weighted by molar-refractivity contribution is 0.194. The van der Waals surface area contributed by atoms with E-state index in [1.54, 1.807) is 0 Å². The molecule has 0 fully saturated rings. The van der Waals surface area contributed by atoms with Gasteiger partial charge < -0.3 is 15.1 Å². The zero-order chi connectivity index (χ0) is 16.5. The molecule has 4 nitrogen and oxygen atoms in total. The van der Waals surface area contributed by atoms with Crippen LogP contribution in [0.2, 0.25) is 0 Å². The first kappa shape index (κ1) is 18.3. The highest BCUT2D eigenvalue weighted by atomic mass is 16.2. The molecule has 22 heavy (non-hydrogen) atoms. The number of carbonyl (C=O) groups excluding carboxylic acids is 1. The number of nitrogens with one attached hydrogen (secondary N) is 1. The monoisotopic (exact) mass is 305 g/mol. The lowest BCUT2D eigenvalue weighted by Crippen LogP contribution is -2.44. The van der Waals surface area contributed by atoms with Gasteiger partial charge in [-0.3, -0.25) is 0 Å². The molecule has 124 valence electrons. The molecule has 0 spiro atoms. The summed E-state index contributed by atoms with van der Waals surface area (Å²) in [6.07, 6.45) is 0. The van der Waals surface area contributed by atoms with Gasteiger partial charge in [-0.2, -0.15) is 0 Å². The van der Waals surface area contributed by atoms with Crippen LogP contribution in [0, 0.1) is 12.8 Å². The third-order valence-corrected chi connectivity index (χ3v) is 3.75. The molecule has 0 aliphatic rings. The Morgan fingerprint density at radius 2 is 1.86 bits per heavy atom. The van der Waals surface area contributed by atoms with E-state index in [2.05, 4.69) is 62.2 Å². The summed E-state index contributed by atoms with van der Waals surface area (Å²) in [5.74, 6) is 0.491. The molecule has 0 unspecified atom stereocenters. The van der Waals surface area contributed by atoms with Gasteiger partial charge in [-0.1, -0.05) is 32.0 Å². The molecular formula is C18H31N3O. The number of para-hydroxylation sites is 1. The number of urea groups is 1. The van der Waals surface area contributed by atoms with Gasteiger partial charge in [-0.25, -0.2) is 4.79 Å². The van der Waals surface area contributed by atoms with Gasteiger partial charge >= 0.3 is 6.03 Å². The van der Waals surface area contributed by atoms with E-state index in [1.807, 2.05) is 11.8 Å². The van der Waals surface area contributed by atoms with E-state index >= 15 is 0 Å². The summed E-state index contributed by atoms with van der Waals surface area (Å²) in [5.41, 5.74) is 2.51. The Morgan fingerprint density at radius 3 is 2.41 bits per heavy atom. The highest BCUT2D eigenvalue weighted by Gasteiger charge is 2.13. The van der Waals surface area contributed by atoms with Crippen LogP contribution in [-0.4, -0.2) is 43.7 Å². The molecule has 4 heteroatoms. The van der Waals surface area contributed by atoms with Crippen molar-refractivity contribution in [1.82, 2.24) is 10.2 Å². The van der Waals surface area contributed by atoms with Gasteiger partial charge in [-0.05, 0) is 38.3 Å². The number of amides is 2. The predicted molar refractivity (Wildman–Crippen MR) is 94.5 cm³/mol. The van der Waals surface area contributed by atoms with Gasteiger partial charge in [0.15, 0.2) is 0 Å². The second kappa shape index (κ2) is 9.34. The van der Waals surface area contributed by atoms with Crippen molar-refractivity contribution in [2.75, 3.05) is 37.6 Å². The molecule has 0 aliphatic heterocycles. The van der Waals surface area contributed by atoms with Crippen LogP contribution >= 0.6 is 0 Å². The number of likely N-dealkylation sites (N-methyl/N-ethyl adjacent to an activating group) is 1. The third-order valence-electron chi connectivity index (χ3n) is 3.75. The Labute approximate surface area is 135 Å². The first-order valence-electron chi connectivity index (χ1n) is 8.32. The fourth-order valence-corrected chi connectivity index (χ4v) is 2.57. The second-order valence-corrected chi connectivity index (χ2v) is 6.03. The molecule has 0 atom stereocenters. The maximum atomic E-state index is 12.2. The Bertz CT molecular complexity index is 459. The highest BCUT2D eigenvalue weighted by Crippen LogP contribution is 2.18. The van der Waals surface area contributed by atoms with Crippen molar-refractivity contribution in [2.24, 2.45) is 5.92 Å². The van der Waals surface area contributed by atoms with E-state index in [9.17, 15) is 4.79 Å². The topological polar surface area (TPSA) is 35.6 Å². The van der Waals surface area contributed by atoms with Crippen molar-refractivity contribution in [3.8, 4) is 0 Å². The van der Waals surface area contributed by atoms with E-state index in [4.69, 9.17) is 0 Å². The van der Waals surface area contributed by atoms with E-state index < -0.39 is 0 Å². The normalized spacial score (nSPS) is 10.6. The average Bonchev–Trinajstić information content (AvgIpc) is 2.49. The molecule has 0 radical (unpaired) electrons. The molecule has 0 saturated carbocycles. The molecule has 1 N–H and O–H groups in total. The van der Waals surface area contributed by atoms with Crippen LogP contribution in [0.3, 0.4) is 0 Å². The molecule has 1 aromatic carbocycles. The number of hydrogen-bond acceptors (Lipinski definition) is 2. The van der Waals surface area contributed by atoms with Crippen LogP contribution in [0.1, 0.15) is 33.3 Å². The number of hydrogen-bond donors (Lipinski definition) is 1. The minimum atomic E-state index is 0.0389. The molecule has 1 aromatic rings. The van der Waals surface area contributed by atoms with Crippen molar-refractivity contribution in [2.45, 2.75) is 34.6 Å². The van der Waals surface area contributed by atoms with Gasteiger partial charge in [0.1, 0.15) is 0 Å². The van der Waals surface area contributed by atoms with Crippen LogP contribution in [0.15, 0.2) is 24.3 Å². The van der Waals surface area contributed by atoms with Gasteiger partial charge in [0, 0.05) is 38.4 Å². The van der Waals surface area contributed by atoms with Crippen LogP contribution in [0.5, 0.6) is 0 Å². The zero-order valence-electron chi connectivity index (χ0n) is 14.7. The fourth-order valence-electron chi connectivity index (χ4n) is 2.57. The van der Waals surface area contributed by atoms with Crippen LogP contribution < -0.4 is 10.2 Å². The first-order chi connectivity index (χ1) is 10.5. The quantitative estimate of drug-likeness (QED) is 0.798. The number of carbonyl (C=O) groups is 1. The van der Waals surface area contributed by atoms with Gasteiger partial charge in [0.2, 0.25) is 0 Å². The SMILES string of the molecule is CCN(CC(C)C)C(=O)NCCN(CC)c1ccccc1C. The average molecular weight is 305 g/mol. The number of aryl methyl sites for hydroxylation is 1. The van der Waals surface area contributed by atoms with Crippen molar-refractivity contribution in [1.29, 1.82) is 0 Å². The molecule has 0 heterocycles. The van der Waals surface area contributed by atoms with Gasteiger partial charge in [0.05, 0.1) is 0 Å². The minimum Gasteiger partial charge on any atom is -0.370 e. The minimum absolute atomic E-state index is 0.0389. The van der Waals surface area contributed by atoms with Gasteiger partial charge in [-0.15, -0.1) is 0 Å². The summed E-state index contributed by atoms with van der Waals surface area (Å²) in [4.78, 5) is 16.3. The van der Waals surface area contributed by atoms with E-state index in [0.29, 0.717) is 12.5 Å². The Kier molecular flexibility index (Phi) is 7.78. The second-order valence-electron chi connectivity index (χ2n) is 6.03. The Hall–Kier alpha value is -1.71. The van der Waals surface area contributed by atoms with Crippen LogP contribution in [0.25, 0.3) is 0 Å². The van der Waals surface area contributed by atoms with Gasteiger partial charge in [0.25, 0.3) is 0 Å². The smallest absolute Gasteiger partial charge is 0.317 e. The van der Waals surface area contributed by atoms with E-state index in [0.717, 1.165) is 26.2 Å². The van der Waals surface area contributed by atoms with Crippen molar-refractivity contribution < 1.29 is 4.79 Å². The van der Waals surface area contributed by atoms with Crippen molar-refractivity contribution in [3.63, 3.8) is 0 Å². The lowest BCUT2D eigenvalue weighted by Gasteiger charge is -2.27. The fraction of sp³-hybridized carbons (Fsp3) is 0.611. The number of rotatable bonds is 8. The summed E-state index contributed by atoms with van der Waals surface area (Å²) in [5, 5.41) is 3.04. The zero-order valence-corrected chi connectivity index (χ0v) is 14.7. The van der Waals surface area contributed by atoms with Crippen molar-refractivity contribution in [3.05, 3.63) is 29.8 Å². The van der Waals surface area contributed by atoms with E-state index in [1.165, 1.54) is 11.3 Å². The third kappa shape index (κ3) is 5.58. The summed E-state index contributed by atoms with van der Waals surface area (Å²) >= 11 is 0. The Morgan fingerprint density at radius 1 is 1.18 bits per heavy atom. The number of anilines is 1. The summed E-state index contributed by atoms with van der Waals surface area (Å²) in [6.45, 7) is 14.5. The molecular weight excluding hydrogens is 274 g/mol. The summed E-state index contributed by atoms with van der Waals surface area (Å²) in [6, 6.07) is 8.41. The van der Waals surface area contributed by atoms with Crippen molar-refractivity contribution >= 4 is 11.7 Å². The predicted octanol–water partition coefficient (Wildman–Crippen LogP) is 3.51. The number of benzene rings is 1. The highest BCUT2D eigenvalue weighted by molar-refractivity contribution is 5.74. The van der Waals surface area contributed by atoms with Crippen LogP contribution in [-0.2, 0) is 0 Å². The maximum Gasteiger partial charge on any atom is 0.317 e. The lowest BCUT2D eigenvalue weighted by atomic mass is 10.2. The largest absolute Gasteiger partial charge is 0.370 e. The molecule has 0 saturated heterocycles. The Balaban J connectivity index is 2.51. The molecule has 0 aromatic heterocycles. The number of nitrogens with zero attached hydrogens (tertiary/aromatic N) is 2. The first-order valence-corrected chi connectivity index (χ1v) is 8.32. The standard InChI is InChI=1S/C18H31N3O/c1-6-20(17-11-9-8-10-16(17)5)13-12-19-18(22)21(7-2)14-15(3)4/h8-11,15H,6-7,12-14H2,1-5H3,(H,19,22). The van der Waals surface area contributed by atoms with Crippen LogP contribution in [0.4, 0.5) is 10.5 Å². The summed E-state index contributed by atoms with van der Waals surface area (Å²) < 4.78 is 0. The molecule has 0 aliphatic carbocycles. The van der Waals surface area contributed by atoms with E-state index in [-0.39, 0.29) is 6.03 Å². The molecule has 0 bridgehead atoms. The maximum absolute atomic E-state index is 12.2. The summed E-state index contributed by atoms with van der Waals surface area (Å²) in [7, 11) is 0. The molecule has 1 rings (SSSR count).